The Kier molecular flexibility index (Phi) is 7.35. The third kappa shape index (κ3) is 5.40. The van der Waals surface area contributed by atoms with Crippen molar-refractivity contribution in [1.82, 2.24) is 10.7 Å². The van der Waals surface area contributed by atoms with Crippen molar-refractivity contribution in [2.75, 3.05) is 24.5 Å². The third-order valence-corrected chi connectivity index (χ3v) is 3.10. The van der Waals surface area contributed by atoms with Crippen molar-refractivity contribution >= 4 is 29.2 Å². The SMILES string of the molecule is C=CCNC(=S)N[NH+]=Cc1ccc(N(CC)CC)cc1. The maximum atomic E-state index is 5.06. The summed E-state index contributed by atoms with van der Waals surface area (Å²) < 4.78 is 0. The number of thiocarbonyl (C=S) groups is 1. The molecule has 0 radical (unpaired) electrons. The van der Waals surface area contributed by atoms with Crippen LogP contribution >= 0.6 is 12.2 Å². The van der Waals surface area contributed by atoms with Crippen molar-refractivity contribution in [2.24, 2.45) is 0 Å². The van der Waals surface area contributed by atoms with Gasteiger partial charge in [-0.3, -0.25) is 0 Å². The topological polar surface area (TPSA) is 41.3 Å². The van der Waals surface area contributed by atoms with Crippen LogP contribution in [0.5, 0.6) is 0 Å². The molecule has 108 valence electrons. The fraction of sp³-hybridized carbons (Fsp3) is 0.333. The monoisotopic (exact) mass is 291 g/mol. The first kappa shape index (κ1) is 16.2. The molecule has 1 rings (SSSR count). The number of benzene rings is 1. The summed E-state index contributed by atoms with van der Waals surface area (Å²) in [6.07, 6.45) is 3.62. The minimum Gasteiger partial charge on any atom is -0.372 e. The summed E-state index contributed by atoms with van der Waals surface area (Å²) in [7, 11) is 0. The van der Waals surface area contributed by atoms with Gasteiger partial charge in [0.25, 0.3) is 0 Å². The van der Waals surface area contributed by atoms with Crippen LogP contribution in [0.1, 0.15) is 19.4 Å². The third-order valence-electron chi connectivity index (χ3n) is 2.85. The fourth-order valence-corrected chi connectivity index (χ4v) is 1.91. The van der Waals surface area contributed by atoms with Gasteiger partial charge in [0, 0.05) is 30.9 Å². The molecule has 0 saturated heterocycles. The van der Waals surface area contributed by atoms with E-state index in [4.69, 9.17) is 12.2 Å². The molecular weight excluding hydrogens is 268 g/mol. The van der Waals surface area contributed by atoms with Crippen molar-refractivity contribution in [3.63, 3.8) is 0 Å². The first-order valence-electron chi connectivity index (χ1n) is 6.79. The van der Waals surface area contributed by atoms with Gasteiger partial charge in [-0.1, -0.05) is 6.08 Å². The van der Waals surface area contributed by atoms with Crippen LogP contribution < -0.4 is 20.7 Å². The molecule has 0 aliphatic carbocycles. The standard InChI is InChI=1S/C15H22N4S/c1-4-11-16-15(20)18-17-12-13-7-9-14(10-8-13)19(5-2)6-3/h4,7-10,12H,1,5-6,11H2,2-3H3,(H2,16,18,20)/p+1. The van der Waals surface area contributed by atoms with E-state index < -0.39 is 0 Å². The number of hydrogen-bond donors (Lipinski definition) is 3. The summed E-state index contributed by atoms with van der Waals surface area (Å²) in [5, 5.41) is 6.47. The van der Waals surface area contributed by atoms with Gasteiger partial charge in [-0.2, -0.15) is 0 Å². The molecule has 0 bridgehead atoms. The summed E-state index contributed by atoms with van der Waals surface area (Å²) in [5.41, 5.74) is 5.20. The van der Waals surface area contributed by atoms with Gasteiger partial charge >= 0.3 is 0 Å². The van der Waals surface area contributed by atoms with Crippen molar-refractivity contribution < 1.29 is 5.10 Å². The summed E-state index contributed by atoms with van der Waals surface area (Å²) in [6, 6.07) is 8.38. The van der Waals surface area contributed by atoms with Crippen LogP contribution in [-0.2, 0) is 0 Å². The Labute approximate surface area is 126 Å². The van der Waals surface area contributed by atoms with Crippen molar-refractivity contribution in [3.05, 3.63) is 42.5 Å². The predicted molar refractivity (Wildman–Crippen MR) is 90.1 cm³/mol. The van der Waals surface area contributed by atoms with Gasteiger partial charge in [0.05, 0.1) is 0 Å². The Balaban J connectivity index is 2.52. The van der Waals surface area contributed by atoms with E-state index in [2.05, 4.69) is 65.4 Å². The largest absolute Gasteiger partial charge is 0.372 e. The molecule has 3 N–H and O–H groups in total. The van der Waals surface area contributed by atoms with Crippen molar-refractivity contribution in [1.29, 1.82) is 0 Å². The van der Waals surface area contributed by atoms with Crippen LogP contribution in [0.4, 0.5) is 5.69 Å². The van der Waals surface area contributed by atoms with Crippen LogP contribution in [-0.4, -0.2) is 31.0 Å². The number of hydrazine groups is 1. The molecule has 20 heavy (non-hydrogen) atoms. The molecule has 0 heterocycles. The molecule has 0 aliphatic heterocycles. The minimum absolute atomic E-state index is 0.543. The Morgan fingerprint density at radius 3 is 2.50 bits per heavy atom. The average Bonchev–Trinajstić information content (AvgIpc) is 2.48. The lowest BCUT2D eigenvalue weighted by atomic mass is 10.2. The van der Waals surface area contributed by atoms with Crippen LogP contribution in [0.3, 0.4) is 0 Å². The second-order valence-electron chi connectivity index (χ2n) is 4.18. The van der Waals surface area contributed by atoms with E-state index >= 15 is 0 Å². The van der Waals surface area contributed by atoms with E-state index in [9.17, 15) is 0 Å². The molecule has 4 nitrogen and oxygen atoms in total. The van der Waals surface area contributed by atoms with Crippen molar-refractivity contribution in [2.45, 2.75) is 13.8 Å². The van der Waals surface area contributed by atoms with E-state index in [0.29, 0.717) is 11.7 Å². The zero-order valence-electron chi connectivity index (χ0n) is 12.1. The Morgan fingerprint density at radius 1 is 1.30 bits per heavy atom. The van der Waals surface area contributed by atoms with Gasteiger partial charge in [-0.05, 0) is 50.3 Å². The zero-order chi connectivity index (χ0) is 14.8. The van der Waals surface area contributed by atoms with Gasteiger partial charge in [-0.25, -0.2) is 0 Å². The number of rotatable bonds is 7. The molecule has 0 aromatic heterocycles. The Morgan fingerprint density at radius 2 is 1.95 bits per heavy atom. The molecular formula is C15H23N4S+. The summed E-state index contributed by atoms with van der Waals surface area (Å²) >= 11 is 5.06. The second kappa shape index (κ2) is 9.09. The first-order chi connectivity index (χ1) is 9.71. The number of nitrogens with one attached hydrogen (secondary N) is 3. The molecule has 0 fully saturated rings. The number of hydrogen-bond acceptors (Lipinski definition) is 2. The highest BCUT2D eigenvalue weighted by molar-refractivity contribution is 7.80. The number of anilines is 1. The highest BCUT2D eigenvalue weighted by atomic mass is 32.1. The lowest BCUT2D eigenvalue weighted by Crippen LogP contribution is -2.82. The smallest absolute Gasteiger partial charge is 0.224 e. The normalized spacial score (nSPS) is 10.3. The molecule has 0 amide bonds. The predicted octanol–water partition coefficient (Wildman–Crippen LogP) is 0.597. The van der Waals surface area contributed by atoms with Crippen molar-refractivity contribution in [3.8, 4) is 0 Å². The van der Waals surface area contributed by atoms with E-state index in [1.165, 1.54) is 5.69 Å². The average molecular weight is 291 g/mol. The molecule has 5 heteroatoms. The molecule has 0 aliphatic rings. The summed E-state index contributed by atoms with van der Waals surface area (Å²) in [5.74, 6) is 0. The van der Waals surface area contributed by atoms with E-state index in [1.807, 2.05) is 6.21 Å². The first-order valence-corrected chi connectivity index (χ1v) is 7.20. The summed E-state index contributed by atoms with van der Waals surface area (Å²) in [6.45, 7) is 10.6. The van der Waals surface area contributed by atoms with E-state index in [0.717, 1.165) is 18.7 Å². The second-order valence-corrected chi connectivity index (χ2v) is 4.58. The lowest BCUT2D eigenvalue weighted by molar-refractivity contribution is -0.500. The van der Waals surface area contributed by atoms with E-state index in [-0.39, 0.29) is 0 Å². The molecule has 0 saturated carbocycles. The van der Waals surface area contributed by atoms with Gasteiger partial charge in [0.15, 0.2) is 6.21 Å². The van der Waals surface area contributed by atoms with E-state index in [1.54, 1.807) is 6.08 Å². The number of hydrazone groups is 1. The van der Waals surface area contributed by atoms with Crippen LogP contribution in [0, 0.1) is 0 Å². The lowest BCUT2D eigenvalue weighted by Gasteiger charge is -2.20. The van der Waals surface area contributed by atoms with Crippen LogP contribution in [0.2, 0.25) is 0 Å². The molecule has 0 atom stereocenters. The molecule has 0 unspecified atom stereocenters. The molecule has 1 aromatic carbocycles. The van der Waals surface area contributed by atoms with Gasteiger partial charge in [-0.15, -0.1) is 17.1 Å². The molecule has 1 aromatic rings. The highest BCUT2D eigenvalue weighted by Crippen LogP contribution is 2.13. The van der Waals surface area contributed by atoms with Gasteiger partial charge in [0.2, 0.25) is 5.11 Å². The quantitative estimate of drug-likeness (QED) is 0.298. The summed E-state index contributed by atoms with van der Waals surface area (Å²) in [4.78, 5) is 2.31. The number of nitrogens with zero attached hydrogens (tertiary/aromatic N) is 1. The van der Waals surface area contributed by atoms with Crippen LogP contribution in [0.15, 0.2) is 36.9 Å². The minimum atomic E-state index is 0.543. The van der Waals surface area contributed by atoms with Crippen LogP contribution in [0.25, 0.3) is 0 Å². The van der Waals surface area contributed by atoms with Gasteiger partial charge < -0.3 is 10.2 Å². The maximum Gasteiger partial charge on any atom is 0.224 e. The molecule has 0 spiro atoms. The van der Waals surface area contributed by atoms with Gasteiger partial charge in [0.1, 0.15) is 0 Å². The Bertz CT molecular complexity index is 449. The maximum absolute atomic E-state index is 5.06. The Hall–Kier alpha value is -1.88. The highest BCUT2D eigenvalue weighted by Gasteiger charge is 2.01. The fourth-order valence-electron chi connectivity index (χ4n) is 1.76. The zero-order valence-corrected chi connectivity index (χ0v) is 13.0.